The van der Waals surface area contributed by atoms with Gasteiger partial charge in [0.2, 0.25) is 11.0 Å². The van der Waals surface area contributed by atoms with Gasteiger partial charge in [-0.15, -0.1) is 10.2 Å². The number of benzene rings is 1. The van der Waals surface area contributed by atoms with Crippen LogP contribution in [0.5, 0.6) is 0 Å². The third-order valence-corrected chi connectivity index (χ3v) is 4.25. The van der Waals surface area contributed by atoms with Crippen LogP contribution < -0.4 is 10.6 Å². The normalized spacial score (nSPS) is 18.1. The second-order valence-electron chi connectivity index (χ2n) is 4.88. The molecule has 2 N–H and O–H groups in total. The summed E-state index contributed by atoms with van der Waals surface area (Å²) in [6.07, 6.45) is 0.638. The van der Waals surface area contributed by atoms with Crippen molar-refractivity contribution in [1.29, 1.82) is 0 Å². The molecule has 1 fully saturated rings. The Labute approximate surface area is 136 Å². The first-order valence-corrected chi connectivity index (χ1v) is 8.09. The number of nitrogens with one attached hydrogen (secondary N) is 2. The van der Waals surface area contributed by atoms with Crippen molar-refractivity contribution in [2.24, 2.45) is 0 Å². The highest BCUT2D eigenvalue weighted by Crippen LogP contribution is 2.20. The van der Waals surface area contributed by atoms with E-state index in [2.05, 4.69) is 20.8 Å². The lowest BCUT2D eigenvalue weighted by Crippen LogP contribution is -2.48. The Balaban J connectivity index is 1.60. The molecule has 1 saturated heterocycles. The molecule has 8 heteroatoms. The van der Waals surface area contributed by atoms with Gasteiger partial charge >= 0.3 is 0 Å². The molecule has 1 aliphatic heterocycles. The van der Waals surface area contributed by atoms with Gasteiger partial charge in [0.1, 0.15) is 11.0 Å². The fraction of sp³-hybridized carbons (Fsp3) is 0.357. The van der Waals surface area contributed by atoms with Gasteiger partial charge in [-0.3, -0.25) is 10.1 Å². The first-order chi connectivity index (χ1) is 10.7. The summed E-state index contributed by atoms with van der Waals surface area (Å²) in [5.74, 6) is -0.148. The zero-order valence-electron chi connectivity index (χ0n) is 11.7. The van der Waals surface area contributed by atoms with E-state index in [1.165, 1.54) is 11.3 Å². The van der Waals surface area contributed by atoms with Gasteiger partial charge < -0.3 is 10.1 Å². The number of carbonyl (C=O) groups excluding carboxylic acids is 1. The van der Waals surface area contributed by atoms with Crippen molar-refractivity contribution in [3.8, 4) is 0 Å². The van der Waals surface area contributed by atoms with E-state index in [1.807, 2.05) is 24.3 Å². The van der Waals surface area contributed by atoms with E-state index < -0.39 is 0 Å². The summed E-state index contributed by atoms with van der Waals surface area (Å²) >= 11 is 7.32. The molecule has 0 saturated carbocycles. The van der Waals surface area contributed by atoms with Gasteiger partial charge in [0.05, 0.1) is 13.2 Å². The monoisotopic (exact) mass is 338 g/mol. The van der Waals surface area contributed by atoms with Crippen LogP contribution in [-0.4, -0.2) is 41.9 Å². The SMILES string of the molecule is O=C(Nc1nnc(Cc2cccc(Cl)c2)s1)C1COCCN1. The zero-order chi connectivity index (χ0) is 15.4. The molecule has 1 amide bonds. The molecule has 6 nitrogen and oxygen atoms in total. The number of nitrogens with zero attached hydrogens (tertiary/aromatic N) is 2. The molecule has 1 aromatic heterocycles. The highest BCUT2D eigenvalue weighted by molar-refractivity contribution is 7.15. The average molecular weight is 339 g/mol. The van der Waals surface area contributed by atoms with Crippen LogP contribution in [0.15, 0.2) is 24.3 Å². The van der Waals surface area contributed by atoms with Crippen molar-refractivity contribution < 1.29 is 9.53 Å². The van der Waals surface area contributed by atoms with Crippen molar-refractivity contribution in [3.63, 3.8) is 0 Å². The van der Waals surface area contributed by atoms with E-state index in [0.717, 1.165) is 10.6 Å². The predicted molar refractivity (Wildman–Crippen MR) is 85.4 cm³/mol. The Bertz CT molecular complexity index is 658. The van der Waals surface area contributed by atoms with Crippen LogP contribution in [0.1, 0.15) is 10.6 Å². The first-order valence-electron chi connectivity index (χ1n) is 6.89. The topological polar surface area (TPSA) is 76.1 Å². The molecule has 0 radical (unpaired) electrons. The number of hydrogen-bond donors (Lipinski definition) is 2. The molecule has 2 heterocycles. The van der Waals surface area contributed by atoms with Crippen molar-refractivity contribution >= 4 is 34.0 Å². The van der Waals surface area contributed by atoms with Gasteiger partial charge in [0, 0.05) is 18.0 Å². The number of amides is 1. The Hall–Kier alpha value is -1.54. The second kappa shape index (κ2) is 7.15. The van der Waals surface area contributed by atoms with Gasteiger partial charge in [-0.05, 0) is 17.7 Å². The molecule has 0 aliphatic carbocycles. The maximum Gasteiger partial charge on any atom is 0.245 e. The predicted octanol–water partition coefficient (Wildman–Crippen LogP) is 1.71. The summed E-state index contributed by atoms with van der Waals surface area (Å²) in [5, 5.41) is 16.0. The molecular weight excluding hydrogens is 324 g/mol. The molecule has 116 valence electrons. The number of halogens is 1. The fourth-order valence-electron chi connectivity index (χ4n) is 2.12. The summed E-state index contributed by atoms with van der Waals surface area (Å²) in [4.78, 5) is 12.0. The first kappa shape index (κ1) is 15.4. The average Bonchev–Trinajstić information content (AvgIpc) is 2.95. The van der Waals surface area contributed by atoms with Crippen LogP contribution in [-0.2, 0) is 16.0 Å². The van der Waals surface area contributed by atoms with Gasteiger partial charge in [-0.2, -0.15) is 0 Å². The lowest BCUT2D eigenvalue weighted by atomic mass is 10.2. The van der Waals surface area contributed by atoms with Gasteiger partial charge in [-0.25, -0.2) is 0 Å². The zero-order valence-corrected chi connectivity index (χ0v) is 13.3. The van der Waals surface area contributed by atoms with Crippen LogP contribution in [0.2, 0.25) is 5.02 Å². The molecule has 0 spiro atoms. The third kappa shape index (κ3) is 4.01. The molecule has 1 atom stereocenters. The van der Waals surface area contributed by atoms with Crippen LogP contribution in [0.4, 0.5) is 5.13 Å². The van der Waals surface area contributed by atoms with Crippen LogP contribution in [0.3, 0.4) is 0 Å². The Kier molecular flexibility index (Phi) is 4.99. The summed E-state index contributed by atoms with van der Waals surface area (Å²) in [6.45, 7) is 1.68. The summed E-state index contributed by atoms with van der Waals surface area (Å²) in [6, 6.07) is 7.26. The summed E-state index contributed by atoms with van der Waals surface area (Å²) < 4.78 is 5.27. The lowest BCUT2D eigenvalue weighted by molar-refractivity contribution is -0.120. The number of ether oxygens (including phenoxy) is 1. The number of rotatable bonds is 4. The molecule has 2 aromatic rings. The Morgan fingerprint density at radius 1 is 1.50 bits per heavy atom. The number of carbonyl (C=O) groups is 1. The summed E-state index contributed by atoms with van der Waals surface area (Å²) in [5.41, 5.74) is 1.06. The molecule has 1 unspecified atom stereocenters. The molecule has 1 aromatic carbocycles. The highest BCUT2D eigenvalue weighted by Gasteiger charge is 2.22. The standard InChI is InChI=1S/C14H15ClN4O2S/c15-10-3-1-2-9(6-10)7-12-18-19-14(22-12)17-13(20)11-8-21-5-4-16-11/h1-3,6,11,16H,4-5,7-8H2,(H,17,19,20). The van der Waals surface area contributed by atoms with E-state index in [0.29, 0.717) is 36.3 Å². The second-order valence-corrected chi connectivity index (χ2v) is 6.38. The van der Waals surface area contributed by atoms with Gasteiger partial charge in [0.15, 0.2) is 0 Å². The fourth-order valence-corrected chi connectivity index (χ4v) is 3.11. The third-order valence-electron chi connectivity index (χ3n) is 3.18. The molecular formula is C14H15ClN4O2S. The van der Waals surface area contributed by atoms with Gasteiger partial charge in [0.25, 0.3) is 0 Å². The maximum atomic E-state index is 12.0. The Morgan fingerprint density at radius 3 is 3.18 bits per heavy atom. The minimum atomic E-state index is -0.339. The van der Waals surface area contributed by atoms with E-state index in [4.69, 9.17) is 16.3 Å². The van der Waals surface area contributed by atoms with Crippen LogP contribution in [0, 0.1) is 0 Å². The quantitative estimate of drug-likeness (QED) is 0.887. The molecule has 22 heavy (non-hydrogen) atoms. The van der Waals surface area contributed by atoms with Crippen LogP contribution in [0.25, 0.3) is 0 Å². The van der Waals surface area contributed by atoms with Crippen molar-refractivity contribution in [3.05, 3.63) is 39.9 Å². The molecule has 0 bridgehead atoms. The molecule has 3 rings (SSSR count). The number of morpholine rings is 1. The number of aromatic nitrogens is 2. The van der Waals surface area contributed by atoms with E-state index in [1.54, 1.807) is 0 Å². The highest BCUT2D eigenvalue weighted by atomic mass is 35.5. The smallest absolute Gasteiger partial charge is 0.245 e. The lowest BCUT2D eigenvalue weighted by Gasteiger charge is -2.22. The Morgan fingerprint density at radius 2 is 2.41 bits per heavy atom. The van der Waals surface area contributed by atoms with E-state index in [9.17, 15) is 4.79 Å². The number of hydrogen-bond acceptors (Lipinski definition) is 6. The maximum absolute atomic E-state index is 12.0. The minimum Gasteiger partial charge on any atom is -0.378 e. The van der Waals surface area contributed by atoms with E-state index in [-0.39, 0.29) is 11.9 Å². The van der Waals surface area contributed by atoms with E-state index >= 15 is 0 Å². The van der Waals surface area contributed by atoms with Crippen molar-refractivity contribution in [2.75, 3.05) is 25.1 Å². The number of anilines is 1. The van der Waals surface area contributed by atoms with Gasteiger partial charge in [-0.1, -0.05) is 35.1 Å². The van der Waals surface area contributed by atoms with Crippen molar-refractivity contribution in [1.82, 2.24) is 15.5 Å². The molecule has 1 aliphatic rings. The summed E-state index contributed by atoms with van der Waals surface area (Å²) in [7, 11) is 0. The largest absolute Gasteiger partial charge is 0.378 e. The van der Waals surface area contributed by atoms with Crippen LogP contribution >= 0.6 is 22.9 Å². The van der Waals surface area contributed by atoms with Crippen molar-refractivity contribution in [2.45, 2.75) is 12.5 Å². The minimum absolute atomic E-state index is 0.148.